The summed E-state index contributed by atoms with van der Waals surface area (Å²) in [4.78, 5) is 24.9. The Morgan fingerprint density at radius 1 is 1.15 bits per heavy atom. The van der Waals surface area contributed by atoms with E-state index in [0.29, 0.717) is 16.5 Å². The first-order chi connectivity index (χ1) is 16.2. The minimum Gasteiger partial charge on any atom is -0.478 e. The van der Waals surface area contributed by atoms with Gasteiger partial charge in [-0.1, -0.05) is 13.0 Å². The van der Waals surface area contributed by atoms with Crippen LogP contribution in [0.4, 0.5) is 10.7 Å². The SMILES string of the molecule is C[C@@H]1CCc2c(sc(NC(=O)c3cccc(S(=O)(=O)Nc4ccc(C(=O)O)cc4)c3)c2C#N)C1. The average molecular weight is 496 g/mol. The topological polar surface area (TPSA) is 136 Å². The smallest absolute Gasteiger partial charge is 0.335 e. The fraction of sp³-hybridized carbons (Fsp3) is 0.208. The normalized spacial score (nSPS) is 15.1. The van der Waals surface area contributed by atoms with Crippen LogP contribution >= 0.6 is 11.3 Å². The second-order valence-corrected chi connectivity index (χ2v) is 10.9. The van der Waals surface area contributed by atoms with Gasteiger partial charge in [-0.25, -0.2) is 13.2 Å². The number of nitrogens with one attached hydrogen (secondary N) is 2. The molecule has 1 heterocycles. The van der Waals surface area contributed by atoms with Gasteiger partial charge in [0.15, 0.2) is 0 Å². The summed E-state index contributed by atoms with van der Waals surface area (Å²) in [5.74, 6) is -1.10. The number of nitrogens with zero attached hydrogens (tertiary/aromatic N) is 1. The Bertz CT molecular complexity index is 1420. The summed E-state index contributed by atoms with van der Waals surface area (Å²) in [6, 6.07) is 13.0. The lowest BCUT2D eigenvalue weighted by atomic mass is 9.88. The van der Waals surface area contributed by atoms with Gasteiger partial charge in [0.05, 0.1) is 16.0 Å². The molecule has 1 atom stereocenters. The van der Waals surface area contributed by atoms with Crippen LogP contribution in [-0.2, 0) is 22.9 Å². The van der Waals surface area contributed by atoms with Crippen LogP contribution in [0.5, 0.6) is 0 Å². The molecule has 1 amide bonds. The third-order valence-corrected chi connectivity index (χ3v) is 8.19. The molecule has 0 fully saturated rings. The Labute approximate surface area is 200 Å². The number of carbonyl (C=O) groups excluding carboxylic acids is 1. The highest BCUT2D eigenvalue weighted by Gasteiger charge is 2.25. The lowest BCUT2D eigenvalue weighted by Crippen LogP contribution is -2.16. The molecule has 0 unspecified atom stereocenters. The van der Waals surface area contributed by atoms with Gasteiger partial charge in [0.25, 0.3) is 15.9 Å². The van der Waals surface area contributed by atoms with Crippen LogP contribution in [0, 0.1) is 17.2 Å². The highest BCUT2D eigenvalue weighted by atomic mass is 32.2. The molecular weight excluding hydrogens is 474 g/mol. The zero-order valence-corrected chi connectivity index (χ0v) is 19.8. The predicted octanol–water partition coefficient (Wildman–Crippen LogP) is 4.50. The van der Waals surface area contributed by atoms with Crippen molar-refractivity contribution >= 4 is 43.9 Å². The van der Waals surface area contributed by atoms with E-state index in [2.05, 4.69) is 23.0 Å². The number of nitriles is 1. The van der Waals surface area contributed by atoms with Crippen molar-refractivity contribution < 1.29 is 23.1 Å². The quantitative estimate of drug-likeness (QED) is 0.461. The second kappa shape index (κ2) is 9.29. The first kappa shape index (κ1) is 23.5. The molecule has 1 aromatic heterocycles. The molecule has 1 aliphatic rings. The van der Waals surface area contributed by atoms with Gasteiger partial charge < -0.3 is 10.4 Å². The number of benzene rings is 2. The number of carboxylic acid groups (broad SMARTS) is 1. The van der Waals surface area contributed by atoms with Crippen LogP contribution in [0.2, 0.25) is 0 Å². The third kappa shape index (κ3) is 4.81. The summed E-state index contributed by atoms with van der Waals surface area (Å²) in [5.41, 5.74) is 1.83. The molecule has 0 spiro atoms. The van der Waals surface area contributed by atoms with Crippen LogP contribution < -0.4 is 10.0 Å². The van der Waals surface area contributed by atoms with Crippen LogP contribution in [-0.4, -0.2) is 25.4 Å². The van der Waals surface area contributed by atoms with E-state index in [-0.39, 0.29) is 21.7 Å². The van der Waals surface area contributed by atoms with Crippen molar-refractivity contribution in [1.29, 1.82) is 5.26 Å². The molecule has 34 heavy (non-hydrogen) atoms. The summed E-state index contributed by atoms with van der Waals surface area (Å²) in [6.07, 6.45) is 2.67. The fourth-order valence-electron chi connectivity index (χ4n) is 3.83. The summed E-state index contributed by atoms with van der Waals surface area (Å²) >= 11 is 1.40. The Hall–Kier alpha value is -3.68. The zero-order valence-electron chi connectivity index (χ0n) is 18.2. The maximum atomic E-state index is 12.9. The van der Waals surface area contributed by atoms with Crippen molar-refractivity contribution in [3.05, 3.63) is 75.7 Å². The number of amides is 1. The number of carboxylic acids is 1. The molecule has 10 heteroatoms. The number of hydrogen-bond acceptors (Lipinski definition) is 6. The molecule has 0 bridgehead atoms. The number of sulfonamides is 1. The highest BCUT2D eigenvalue weighted by Crippen LogP contribution is 2.39. The van der Waals surface area contributed by atoms with Crippen molar-refractivity contribution in [2.75, 3.05) is 10.0 Å². The average Bonchev–Trinajstić information content (AvgIpc) is 3.15. The second-order valence-electron chi connectivity index (χ2n) is 8.14. The lowest BCUT2D eigenvalue weighted by molar-refractivity contribution is 0.0696. The predicted molar refractivity (Wildman–Crippen MR) is 129 cm³/mol. The van der Waals surface area contributed by atoms with Gasteiger partial charge in [-0.05, 0) is 73.2 Å². The number of anilines is 2. The van der Waals surface area contributed by atoms with Crippen molar-refractivity contribution in [2.24, 2.45) is 5.92 Å². The van der Waals surface area contributed by atoms with Crippen LogP contribution in [0.25, 0.3) is 0 Å². The first-order valence-corrected chi connectivity index (χ1v) is 12.8. The van der Waals surface area contributed by atoms with E-state index in [1.165, 1.54) is 59.9 Å². The highest BCUT2D eigenvalue weighted by molar-refractivity contribution is 7.92. The first-order valence-electron chi connectivity index (χ1n) is 10.5. The molecule has 3 aromatic rings. The number of thiophene rings is 1. The molecule has 0 aliphatic heterocycles. The maximum absolute atomic E-state index is 12.9. The van der Waals surface area contributed by atoms with E-state index in [0.717, 1.165) is 29.7 Å². The van der Waals surface area contributed by atoms with E-state index in [4.69, 9.17) is 5.11 Å². The molecule has 0 radical (unpaired) electrons. The molecule has 174 valence electrons. The summed E-state index contributed by atoms with van der Waals surface area (Å²) in [6.45, 7) is 2.16. The van der Waals surface area contributed by atoms with E-state index in [1.54, 1.807) is 0 Å². The van der Waals surface area contributed by atoms with Crippen LogP contribution in [0.3, 0.4) is 0 Å². The van der Waals surface area contributed by atoms with Crippen LogP contribution in [0.15, 0.2) is 53.4 Å². The molecule has 0 saturated carbocycles. The van der Waals surface area contributed by atoms with Gasteiger partial charge in [-0.3, -0.25) is 9.52 Å². The molecule has 4 rings (SSSR count). The lowest BCUT2D eigenvalue weighted by Gasteiger charge is -2.17. The van der Waals surface area contributed by atoms with Gasteiger partial charge in [0, 0.05) is 16.1 Å². The van der Waals surface area contributed by atoms with E-state index < -0.39 is 21.9 Å². The van der Waals surface area contributed by atoms with Gasteiger partial charge in [0.2, 0.25) is 0 Å². The standard InChI is InChI=1S/C24H21N3O5S2/c1-14-5-10-19-20(13-25)23(33-21(19)11-14)26-22(28)16-3-2-4-18(12-16)34(31,32)27-17-8-6-15(7-9-17)24(29)30/h2-4,6-9,12,14,27H,5,10-11H2,1H3,(H,26,28)(H,29,30)/t14-/m1/s1. The Balaban J connectivity index is 1.55. The van der Waals surface area contributed by atoms with Crippen molar-refractivity contribution in [3.63, 3.8) is 0 Å². The fourth-order valence-corrected chi connectivity index (χ4v) is 6.29. The van der Waals surface area contributed by atoms with Crippen LogP contribution in [0.1, 0.15) is 50.1 Å². The largest absolute Gasteiger partial charge is 0.478 e. The van der Waals surface area contributed by atoms with Crippen molar-refractivity contribution in [1.82, 2.24) is 0 Å². The third-order valence-electron chi connectivity index (χ3n) is 5.64. The maximum Gasteiger partial charge on any atom is 0.335 e. The van der Waals surface area contributed by atoms with E-state index in [1.807, 2.05) is 0 Å². The molecule has 3 N–H and O–H groups in total. The van der Waals surface area contributed by atoms with Gasteiger partial charge in [0.1, 0.15) is 11.1 Å². The number of aromatic carboxylic acids is 1. The van der Waals surface area contributed by atoms with Crippen molar-refractivity contribution in [3.8, 4) is 6.07 Å². The zero-order chi connectivity index (χ0) is 24.5. The minimum absolute atomic E-state index is 0.0306. The molecule has 1 aliphatic carbocycles. The van der Waals surface area contributed by atoms with Crippen molar-refractivity contribution in [2.45, 2.75) is 31.1 Å². The molecular formula is C24H21N3O5S2. The molecule has 8 nitrogen and oxygen atoms in total. The Kier molecular flexibility index (Phi) is 6.41. The minimum atomic E-state index is -4.02. The number of fused-ring (bicyclic) bond motifs is 1. The molecule has 2 aromatic carbocycles. The van der Waals surface area contributed by atoms with Gasteiger partial charge in [-0.15, -0.1) is 11.3 Å². The summed E-state index contributed by atoms with van der Waals surface area (Å²) in [7, 11) is -4.02. The summed E-state index contributed by atoms with van der Waals surface area (Å²) < 4.78 is 28.0. The number of carbonyl (C=O) groups is 2. The monoisotopic (exact) mass is 495 g/mol. The van der Waals surface area contributed by atoms with Gasteiger partial charge >= 0.3 is 5.97 Å². The van der Waals surface area contributed by atoms with Gasteiger partial charge in [-0.2, -0.15) is 5.26 Å². The number of hydrogen-bond donors (Lipinski definition) is 3. The summed E-state index contributed by atoms with van der Waals surface area (Å²) in [5, 5.41) is 21.9. The van der Waals surface area contributed by atoms with E-state index >= 15 is 0 Å². The van der Waals surface area contributed by atoms with E-state index in [9.17, 15) is 23.3 Å². The Morgan fingerprint density at radius 3 is 2.56 bits per heavy atom. The molecule has 0 saturated heterocycles. The Morgan fingerprint density at radius 2 is 1.88 bits per heavy atom. The number of rotatable bonds is 6.